The third-order valence-corrected chi connectivity index (χ3v) is 6.03. The summed E-state index contributed by atoms with van der Waals surface area (Å²) >= 11 is 1.27. The average molecular weight is 433 g/mol. The van der Waals surface area contributed by atoms with Gasteiger partial charge >= 0.3 is 0 Å². The number of nitrogens with one attached hydrogen (secondary N) is 1. The van der Waals surface area contributed by atoms with Gasteiger partial charge in [0.15, 0.2) is 23.2 Å². The minimum atomic E-state index is -1.00. The first-order chi connectivity index (χ1) is 15.0. The van der Waals surface area contributed by atoms with Crippen LogP contribution in [0.4, 0.5) is 5.69 Å². The lowest BCUT2D eigenvalue weighted by Gasteiger charge is -2.17. The van der Waals surface area contributed by atoms with Crippen molar-refractivity contribution < 1.29 is 19.1 Å². The Kier molecular flexibility index (Phi) is 5.69. The molecule has 0 aliphatic carbocycles. The van der Waals surface area contributed by atoms with Gasteiger partial charge < -0.3 is 14.8 Å². The number of Topliss-reactive ketones (excluding diaryl/α,β-unsaturated/α-hetero) is 1. The van der Waals surface area contributed by atoms with Crippen LogP contribution in [-0.4, -0.2) is 30.9 Å². The first kappa shape index (κ1) is 20.6. The van der Waals surface area contributed by atoms with Gasteiger partial charge in [-0.15, -0.1) is 11.3 Å². The number of thiazole rings is 1. The summed E-state index contributed by atoms with van der Waals surface area (Å²) in [7, 11) is 3.12. The van der Waals surface area contributed by atoms with E-state index in [4.69, 9.17) is 9.47 Å². The number of ether oxygens (including phenoxy) is 2. The fourth-order valence-corrected chi connectivity index (χ4v) is 4.35. The first-order valence-electron chi connectivity index (χ1n) is 9.58. The van der Waals surface area contributed by atoms with E-state index >= 15 is 0 Å². The molecule has 1 aliphatic heterocycles. The number of ketones is 1. The van der Waals surface area contributed by atoms with Crippen LogP contribution in [-0.2, 0) is 11.2 Å². The molecular weight excluding hydrogens is 414 g/mol. The molecule has 4 rings (SSSR count). The number of methoxy groups -OCH3 is 2. The summed E-state index contributed by atoms with van der Waals surface area (Å²) in [6.45, 7) is 0. The van der Waals surface area contributed by atoms with Crippen LogP contribution in [0.1, 0.15) is 33.3 Å². The van der Waals surface area contributed by atoms with Crippen molar-refractivity contribution in [2.75, 3.05) is 19.5 Å². The quantitative estimate of drug-likeness (QED) is 0.585. The number of aromatic nitrogens is 1. The van der Waals surface area contributed by atoms with E-state index in [0.29, 0.717) is 46.3 Å². The van der Waals surface area contributed by atoms with Crippen LogP contribution in [0.25, 0.3) is 11.3 Å². The molecule has 0 saturated carbocycles. The Hall–Kier alpha value is -3.70. The smallest absolute Gasteiger partial charge is 0.224 e. The molecule has 1 aliphatic rings. The van der Waals surface area contributed by atoms with Gasteiger partial charge in [0.05, 0.1) is 26.0 Å². The number of aryl methyl sites for hydroxylation is 1. The number of hydrogen-bond acceptors (Lipinski definition) is 7. The van der Waals surface area contributed by atoms with E-state index in [2.05, 4.69) is 16.4 Å². The molecule has 1 unspecified atom stereocenters. The Bertz CT molecular complexity index is 1210. The number of hydrogen-bond donors (Lipinski definition) is 1. The molecule has 2 aromatic carbocycles. The Balaban J connectivity index is 1.61. The van der Waals surface area contributed by atoms with Crippen molar-refractivity contribution in [1.82, 2.24) is 4.98 Å². The Morgan fingerprint density at radius 2 is 1.97 bits per heavy atom. The largest absolute Gasteiger partial charge is 0.493 e. The molecule has 1 atom stereocenters. The molecule has 0 bridgehead atoms. The van der Waals surface area contributed by atoms with Crippen molar-refractivity contribution >= 4 is 28.7 Å². The molecule has 7 nitrogen and oxygen atoms in total. The number of nitriles is 1. The highest BCUT2D eigenvalue weighted by Crippen LogP contribution is 2.34. The lowest BCUT2D eigenvalue weighted by molar-refractivity contribution is -0.116. The SMILES string of the molecule is COc1ccc(-c2csc(C(C#N)C(=O)c3ccc4c(c3)CCC(=O)N4)n2)cc1OC. The molecule has 0 radical (unpaired) electrons. The molecule has 0 spiro atoms. The molecule has 0 fully saturated rings. The van der Waals surface area contributed by atoms with Gasteiger partial charge in [-0.05, 0) is 48.4 Å². The van der Waals surface area contributed by atoms with Gasteiger partial charge in [-0.25, -0.2) is 4.98 Å². The second kappa shape index (κ2) is 8.58. The number of amides is 1. The van der Waals surface area contributed by atoms with Crippen LogP contribution in [0.15, 0.2) is 41.8 Å². The molecule has 3 aromatic rings. The van der Waals surface area contributed by atoms with Crippen LogP contribution < -0.4 is 14.8 Å². The molecule has 0 saturated heterocycles. The second-order valence-corrected chi connectivity index (χ2v) is 7.88. The number of nitrogens with zero attached hydrogens (tertiary/aromatic N) is 2. The molecule has 1 amide bonds. The lowest BCUT2D eigenvalue weighted by atomic mass is 9.94. The van der Waals surface area contributed by atoms with E-state index in [9.17, 15) is 14.9 Å². The first-order valence-corrected chi connectivity index (χ1v) is 10.5. The van der Waals surface area contributed by atoms with Crippen molar-refractivity contribution in [1.29, 1.82) is 5.26 Å². The normalized spacial score (nSPS) is 13.5. The molecule has 156 valence electrons. The van der Waals surface area contributed by atoms with E-state index < -0.39 is 5.92 Å². The summed E-state index contributed by atoms with van der Waals surface area (Å²) in [5.41, 5.74) is 3.50. The molecule has 1 aromatic heterocycles. The molecular formula is C23H19N3O4S. The highest BCUT2D eigenvalue weighted by atomic mass is 32.1. The summed E-state index contributed by atoms with van der Waals surface area (Å²) < 4.78 is 10.6. The zero-order valence-electron chi connectivity index (χ0n) is 17.0. The van der Waals surface area contributed by atoms with Crippen molar-refractivity contribution in [3.63, 3.8) is 0 Å². The predicted octanol–water partition coefficient (Wildman–Crippen LogP) is 4.20. The van der Waals surface area contributed by atoms with Crippen LogP contribution >= 0.6 is 11.3 Å². The van der Waals surface area contributed by atoms with Gasteiger partial charge in [0.2, 0.25) is 5.91 Å². The van der Waals surface area contributed by atoms with E-state index in [1.165, 1.54) is 11.3 Å². The van der Waals surface area contributed by atoms with Crippen molar-refractivity contribution in [3.8, 4) is 28.8 Å². The minimum Gasteiger partial charge on any atom is -0.493 e. The van der Waals surface area contributed by atoms with Crippen molar-refractivity contribution in [2.24, 2.45) is 0 Å². The number of carbonyl (C=O) groups is 2. The molecule has 8 heteroatoms. The summed E-state index contributed by atoms with van der Waals surface area (Å²) in [6, 6.07) is 12.6. The third-order valence-electron chi connectivity index (χ3n) is 5.12. The second-order valence-electron chi connectivity index (χ2n) is 6.99. The average Bonchev–Trinajstić information content (AvgIpc) is 3.28. The topological polar surface area (TPSA) is 101 Å². The summed E-state index contributed by atoms with van der Waals surface area (Å²) in [5.74, 6) is -0.170. The van der Waals surface area contributed by atoms with Gasteiger partial charge in [0.1, 0.15) is 5.01 Å². The number of carbonyl (C=O) groups excluding carboxylic acids is 2. The van der Waals surface area contributed by atoms with Crippen molar-refractivity contribution in [3.05, 3.63) is 57.9 Å². The Morgan fingerprint density at radius 3 is 2.71 bits per heavy atom. The number of rotatable bonds is 6. The Morgan fingerprint density at radius 1 is 1.16 bits per heavy atom. The molecule has 2 heterocycles. The van der Waals surface area contributed by atoms with Gasteiger partial charge in [-0.3, -0.25) is 9.59 Å². The predicted molar refractivity (Wildman–Crippen MR) is 117 cm³/mol. The van der Waals surface area contributed by atoms with Crippen LogP contribution in [0, 0.1) is 11.3 Å². The van der Waals surface area contributed by atoms with Crippen LogP contribution in [0.5, 0.6) is 11.5 Å². The lowest BCUT2D eigenvalue weighted by Crippen LogP contribution is -2.20. The zero-order valence-corrected chi connectivity index (χ0v) is 17.8. The number of benzene rings is 2. The summed E-state index contributed by atoms with van der Waals surface area (Å²) in [4.78, 5) is 29.2. The number of fused-ring (bicyclic) bond motifs is 1. The van der Waals surface area contributed by atoms with Gasteiger partial charge in [-0.2, -0.15) is 5.26 Å². The maximum Gasteiger partial charge on any atom is 0.224 e. The summed E-state index contributed by atoms with van der Waals surface area (Å²) in [5, 5.41) is 14.8. The van der Waals surface area contributed by atoms with Crippen LogP contribution in [0.2, 0.25) is 0 Å². The van der Waals surface area contributed by atoms with Gasteiger partial charge in [0.25, 0.3) is 0 Å². The standard InChI is InChI=1S/C23H19N3O4S/c1-29-19-7-4-14(10-20(19)30-2)18-12-31-23(26-18)16(11-24)22(28)15-3-6-17-13(9-15)5-8-21(27)25-17/h3-4,6-7,9-10,12,16H,5,8H2,1-2H3,(H,25,27). The molecule has 1 N–H and O–H groups in total. The fraction of sp³-hybridized carbons (Fsp3) is 0.217. The zero-order chi connectivity index (χ0) is 22.0. The highest BCUT2D eigenvalue weighted by molar-refractivity contribution is 7.10. The minimum absolute atomic E-state index is 0.0352. The van der Waals surface area contributed by atoms with Gasteiger partial charge in [-0.1, -0.05) is 0 Å². The van der Waals surface area contributed by atoms with E-state index in [0.717, 1.165) is 11.1 Å². The Labute approximate surface area is 183 Å². The van der Waals surface area contributed by atoms with E-state index in [-0.39, 0.29) is 11.7 Å². The summed E-state index contributed by atoms with van der Waals surface area (Å²) in [6.07, 6.45) is 0.952. The number of anilines is 1. The fourth-order valence-electron chi connectivity index (χ4n) is 3.48. The highest BCUT2D eigenvalue weighted by Gasteiger charge is 2.26. The van der Waals surface area contributed by atoms with Gasteiger partial charge in [0, 0.05) is 28.6 Å². The third kappa shape index (κ3) is 4.00. The van der Waals surface area contributed by atoms with Crippen LogP contribution in [0.3, 0.4) is 0 Å². The van der Waals surface area contributed by atoms with E-state index in [1.807, 2.05) is 11.4 Å². The molecule has 31 heavy (non-hydrogen) atoms. The monoisotopic (exact) mass is 433 g/mol. The van der Waals surface area contributed by atoms with Crippen molar-refractivity contribution in [2.45, 2.75) is 18.8 Å². The van der Waals surface area contributed by atoms with E-state index in [1.54, 1.807) is 44.6 Å². The maximum atomic E-state index is 13.1. The maximum absolute atomic E-state index is 13.1.